The molecule has 0 aliphatic rings. The van der Waals surface area contributed by atoms with Crippen molar-refractivity contribution in [3.05, 3.63) is 107 Å². The van der Waals surface area contributed by atoms with E-state index < -0.39 is 11.6 Å². The predicted molar refractivity (Wildman–Crippen MR) is 139 cm³/mol. The Labute approximate surface area is 213 Å². The zero-order valence-electron chi connectivity index (χ0n) is 20.9. The van der Waals surface area contributed by atoms with Crippen LogP contribution in [0.4, 0.5) is 8.78 Å². The fraction of sp³-hybridized carbons (Fsp3) is 0.207. The number of aryl methyl sites for hydroxylation is 1. The number of hydrogen-bond donors (Lipinski definition) is 1. The minimum atomic E-state index is -0.940. The van der Waals surface area contributed by atoms with Crippen molar-refractivity contribution >= 4 is 16.8 Å². The topological polar surface area (TPSA) is 64.7 Å². The van der Waals surface area contributed by atoms with E-state index >= 15 is 0 Å². The van der Waals surface area contributed by atoms with E-state index in [1.807, 2.05) is 48.1 Å². The van der Waals surface area contributed by atoms with E-state index in [2.05, 4.69) is 39.9 Å². The van der Waals surface area contributed by atoms with Crippen molar-refractivity contribution in [3.8, 4) is 11.3 Å². The van der Waals surface area contributed by atoms with Crippen molar-refractivity contribution in [2.45, 2.75) is 32.9 Å². The number of benzene rings is 2. The predicted octanol–water partition coefficient (Wildman–Crippen LogP) is 5.82. The second kappa shape index (κ2) is 9.97. The molecule has 8 heteroatoms. The van der Waals surface area contributed by atoms with Gasteiger partial charge in [-0.3, -0.25) is 14.5 Å². The normalized spacial score (nSPS) is 11.4. The van der Waals surface area contributed by atoms with Gasteiger partial charge in [-0.25, -0.2) is 8.78 Å². The molecule has 3 aromatic heterocycles. The Hall–Kier alpha value is -4.33. The van der Waals surface area contributed by atoms with Crippen LogP contribution in [0.25, 0.3) is 22.2 Å². The molecule has 0 spiro atoms. The Bertz CT molecular complexity index is 1590. The van der Waals surface area contributed by atoms with E-state index in [4.69, 9.17) is 0 Å². The molecule has 5 aromatic rings. The van der Waals surface area contributed by atoms with Gasteiger partial charge in [0, 0.05) is 42.6 Å². The van der Waals surface area contributed by atoms with Gasteiger partial charge >= 0.3 is 0 Å². The first-order valence-corrected chi connectivity index (χ1v) is 12.1. The molecule has 2 aromatic carbocycles. The Morgan fingerprint density at radius 2 is 1.84 bits per heavy atom. The number of aromatic nitrogens is 4. The number of hydrogen-bond acceptors (Lipinski definition) is 3. The van der Waals surface area contributed by atoms with Gasteiger partial charge in [0.25, 0.3) is 5.91 Å². The number of halogens is 2. The molecule has 5 rings (SSSR count). The highest BCUT2D eigenvalue weighted by Crippen LogP contribution is 2.34. The fourth-order valence-electron chi connectivity index (χ4n) is 4.77. The minimum Gasteiger partial charge on any atom is -0.348 e. The summed E-state index contributed by atoms with van der Waals surface area (Å²) in [5.74, 6) is -2.10. The van der Waals surface area contributed by atoms with Crippen LogP contribution in [-0.2, 0) is 20.1 Å². The summed E-state index contributed by atoms with van der Waals surface area (Å²) in [6, 6.07) is 17.4. The SMILES string of the molecule is CC(C)c1c(C(=O)NCc2ccc(F)c(F)c2)c2ccc(-c3ccnn3C)cc2n1Cc1ccccn1. The van der Waals surface area contributed by atoms with Crippen molar-refractivity contribution < 1.29 is 13.6 Å². The van der Waals surface area contributed by atoms with Gasteiger partial charge in [0.05, 0.1) is 29.0 Å². The number of rotatable bonds is 7. The molecule has 0 fully saturated rings. The molecule has 0 aliphatic heterocycles. The van der Waals surface area contributed by atoms with Crippen LogP contribution in [0.5, 0.6) is 0 Å². The lowest BCUT2D eigenvalue weighted by molar-refractivity contribution is 0.0951. The van der Waals surface area contributed by atoms with Crippen LogP contribution in [0.3, 0.4) is 0 Å². The Morgan fingerprint density at radius 1 is 1.00 bits per heavy atom. The molecule has 37 heavy (non-hydrogen) atoms. The summed E-state index contributed by atoms with van der Waals surface area (Å²) in [7, 11) is 1.89. The number of carbonyl (C=O) groups is 1. The van der Waals surface area contributed by atoms with E-state index in [1.165, 1.54) is 6.07 Å². The van der Waals surface area contributed by atoms with Crippen molar-refractivity contribution in [1.82, 2.24) is 24.6 Å². The molecule has 3 heterocycles. The second-order valence-electron chi connectivity index (χ2n) is 9.33. The van der Waals surface area contributed by atoms with Crippen LogP contribution in [0.2, 0.25) is 0 Å². The van der Waals surface area contributed by atoms with Gasteiger partial charge in [-0.1, -0.05) is 38.1 Å². The minimum absolute atomic E-state index is 0.0280. The number of nitrogens with zero attached hydrogens (tertiary/aromatic N) is 4. The molecule has 0 bridgehead atoms. The second-order valence-corrected chi connectivity index (χ2v) is 9.33. The van der Waals surface area contributed by atoms with Gasteiger partial charge in [-0.2, -0.15) is 5.10 Å². The number of amides is 1. The monoisotopic (exact) mass is 499 g/mol. The van der Waals surface area contributed by atoms with Gasteiger partial charge < -0.3 is 9.88 Å². The molecule has 0 saturated carbocycles. The largest absolute Gasteiger partial charge is 0.348 e. The van der Waals surface area contributed by atoms with Crippen LogP contribution in [0.15, 0.2) is 73.1 Å². The Kier molecular flexibility index (Phi) is 6.56. The maximum absolute atomic E-state index is 13.7. The number of pyridine rings is 1. The molecule has 0 aliphatic carbocycles. The van der Waals surface area contributed by atoms with E-state index in [-0.39, 0.29) is 18.4 Å². The molecular formula is C29H27F2N5O. The summed E-state index contributed by atoms with van der Waals surface area (Å²) in [5, 5.41) is 8.01. The van der Waals surface area contributed by atoms with Crippen LogP contribution in [0, 0.1) is 11.6 Å². The van der Waals surface area contributed by atoms with Crippen LogP contribution < -0.4 is 5.32 Å². The lowest BCUT2D eigenvalue weighted by Crippen LogP contribution is -2.24. The van der Waals surface area contributed by atoms with Gasteiger partial charge in [0.1, 0.15) is 0 Å². The molecule has 0 unspecified atom stereocenters. The third kappa shape index (κ3) is 4.74. The molecule has 6 nitrogen and oxygen atoms in total. The zero-order chi connectivity index (χ0) is 26.1. The molecule has 188 valence electrons. The first-order chi connectivity index (χ1) is 17.8. The van der Waals surface area contributed by atoms with Crippen LogP contribution in [0.1, 0.15) is 47.1 Å². The van der Waals surface area contributed by atoms with Crippen molar-refractivity contribution in [1.29, 1.82) is 0 Å². The lowest BCUT2D eigenvalue weighted by atomic mass is 10.0. The first kappa shape index (κ1) is 24.4. The average molecular weight is 500 g/mol. The lowest BCUT2D eigenvalue weighted by Gasteiger charge is -2.15. The number of carbonyl (C=O) groups excluding carboxylic acids is 1. The molecule has 0 saturated heterocycles. The summed E-state index contributed by atoms with van der Waals surface area (Å²) < 4.78 is 31.0. The quantitative estimate of drug-likeness (QED) is 0.307. The summed E-state index contributed by atoms with van der Waals surface area (Å²) in [5.41, 5.74) is 5.66. The van der Waals surface area contributed by atoms with E-state index in [0.29, 0.717) is 17.7 Å². The maximum atomic E-state index is 13.7. The summed E-state index contributed by atoms with van der Waals surface area (Å²) in [6.45, 7) is 4.68. The van der Waals surface area contributed by atoms with Crippen molar-refractivity contribution in [2.75, 3.05) is 0 Å². The standard InChI is InChI=1S/C29H27F2N5O/c1-18(2)28-27(29(37)33-16-19-7-10-23(30)24(31)14-19)22-9-8-20(25-11-13-34-35(25)3)15-26(22)36(28)17-21-6-4-5-12-32-21/h4-15,18H,16-17H2,1-3H3,(H,33,37). The summed E-state index contributed by atoms with van der Waals surface area (Å²) >= 11 is 0. The van der Waals surface area contributed by atoms with Crippen molar-refractivity contribution in [3.63, 3.8) is 0 Å². The fourth-order valence-corrected chi connectivity index (χ4v) is 4.77. The summed E-state index contributed by atoms with van der Waals surface area (Å²) in [6.07, 6.45) is 3.51. The van der Waals surface area contributed by atoms with Crippen molar-refractivity contribution in [2.24, 2.45) is 7.05 Å². The Balaban J connectivity index is 1.62. The van der Waals surface area contributed by atoms with Crippen LogP contribution in [-0.4, -0.2) is 25.2 Å². The van der Waals surface area contributed by atoms with E-state index in [1.54, 1.807) is 12.4 Å². The van der Waals surface area contributed by atoms with Gasteiger partial charge in [0.2, 0.25) is 0 Å². The molecule has 0 radical (unpaired) electrons. The molecule has 1 amide bonds. The Morgan fingerprint density at radius 3 is 2.51 bits per heavy atom. The maximum Gasteiger partial charge on any atom is 0.254 e. The van der Waals surface area contributed by atoms with Gasteiger partial charge in [-0.15, -0.1) is 0 Å². The smallest absolute Gasteiger partial charge is 0.254 e. The summed E-state index contributed by atoms with van der Waals surface area (Å²) in [4.78, 5) is 18.1. The highest BCUT2D eigenvalue weighted by molar-refractivity contribution is 6.09. The highest BCUT2D eigenvalue weighted by atomic mass is 19.2. The molecular weight excluding hydrogens is 472 g/mol. The molecule has 1 N–H and O–H groups in total. The van der Waals surface area contributed by atoms with E-state index in [9.17, 15) is 13.6 Å². The number of fused-ring (bicyclic) bond motifs is 1. The van der Waals surface area contributed by atoms with E-state index in [0.717, 1.165) is 45.7 Å². The third-order valence-corrected chi connectivity index (χ3v) is 6.48. The highest BCUT2D eigenvalue weighted by Gasteiger charge is 2.25. The zero-order valence-corrected chi connectivity index (χ0v) is 20.9. The third-order valence-electron chi connectivity index (χ3n) is 6.48. The van der Waals surface area contributed by atoms with Crippen LogP contribution >= 0.6 is 0 Å². The van der Waals surface area contributed by atoms with Gasteiger partial charge in [0.15, 0.2) is 11.6 Å². The first-order valence-electron chi connectivity index (χ1n) is 12.1. The molecule has 0 atom stereocenters. The number of nitrogens with one attached hydrogen (secondary N) is 1. The average Bonchev–Trinajstić information content (AvgIpc) is 3.46. The van der Waals surface area contributed by atoms with Gasteiger partial charge in [-0.05, 0) is 47.9 Å².